The van der Waals surface area contributed by atoms with E-state index >= 15 is 0 Å². The Balaban J connectivity index is 2.29. The number of carbonyl (C=O) groups excluding carboxylic acids is 1. The van der Waals surface area contributed by atoms with Crippen molar-refractivity contribution in [3.8, 4) is 0 Å². The third kappa shape index (κ3) is 1.19. The van der Waals surface area contributed by atoms with E-state index < -0.39 is 0 Å². The van der Waals surface area contributed by atoms with Crippen LogP contribution in [0.2, 0.25) is 0 Å². The van der Waals surface area contributed by atoms with Gasteiger partial charge in [0.25, 0.3) is 5.91 Å². The normalized spacial score (nSPS) is 17.3. The molecule has 0 saturated carbocycles. The number of hydrogen-bond acceptors (Lipinski definition) is 5. The quantitative estimate of drug-likeness (QED) is 0.720. The van der Waals surface area contributed by atoms with E-state index in [9.17, 15) is 9.90 Å². The van der Waals surface area contributed by atoms with Crippen LogP contribution in [0.25, 0.3) is 0 Å². The zero-order chi connectivity index (χ0) is 9.42. The molecule has 1 amide bonds. The van der Waals surface area contributed by atoms with Gasteiger partial charge in [-0.25, -0.2) is 0 Å². The monoisotopic (exact) mass is 197 g/mol. The molecule has 2 heterocycles. The average molecular weight is 197 g/mol. The summed E-state index contributed by atoms with van der Waals surface area (Å²) in [5, 5.41) is 13.6. The Labute approximate surface area is 78.5 Å². The molecule has 0 spiro atoms. The lowest BCUT2D eigenvalue weighted by atomic mass is 10.3. The second kappa shape index (κ2) is 2.81. The van der Waals surface area contributed by atoms with Gasteiger partial charge in [0, 0.05) is 11.5 Å². The molecule has 0 atom stereocenters. The number of carbonyl (C=O) groups is 1. The highest BCUT2D eigenvalue weighted by Crippen LogP contribution is 2.25. The van der Waals surface area contributed by atoms with Crippen molar-refractivity contribution in [2.75, 3.05) is 11.4 Å². The van der Waals surface area contributed by atoms with Crippen LogP contribution in [-0.2, 0) is 4.79 Å². The second-order valence-electron chi connectivity index (χ2n) is 2.78. The summed E-state index contributed by atoms with van der Waals surface area (Å²) in [7, 11) is 0. The molecule has 5 nitrogen and oxygen atoms in total. The van der Waals surface area contributed by atoms with Crippen LogP contribution in [0.1, 0.15) is 6.92 Å². The van der Waals surface area contributed by atoms with Gasteiger partial charge >= 0.3 is 0 Å². The van der Waals surface area contributed by atoms with E-state index in [4.69, 9.17) is 0 Å². The molecule has 1 aliphatic rings. The minimum Gasteiger partial charge on any atom is -0.503 e. The molecule has 1 N–H and O–H groups in total. The topological polar surface area (TPSA) is 66.3 Å². The van der Waals surface area contributed by atoms with E-state index in [0.29, 0.717) is 17.1 Å². The highest BCUT2D eigenvalue weighted by atomic mass is 32.1. The third-order valence-corrected chi connectivity index (χ3v) is 2.55. The van der Waals surface area contributed by atoms with Gasteiger partial charge in [0.15, 0.2) is 5.76 Å². The number of aliphatic hydroxyl groups excluding tert-OH is 1. The summed E-state index contributed by atoms with van der Waals surface area (Å²) in [4.78, 5) is 12.8. The van der Waals surface area contributed by atoms with Gasteiger partial charge in [0.2, 0.25) is 0 Å². The molecule has 0 saturated heterocycles. The largest absolute Gasteiger partial charge is 0.503 e. The second-order valence-corrected chi connectivity index (χ2v) is 3.54. The Morgan fingerprint density at radius 2 is 2.46 bits per heavy atom. The van der Waals surface area contributed by atoms with Crippen molar-refractivity contribution in [1.29, 1.82) is 0 Å². The van der Waals surface area contributed by atoms with Gasteiger partial charge in [-0.15, -0.1) is 5.10 Å². The van der Waals surface area contributed by atoms with E-state index in [0.717, 1.165) is 11.5 Å². The molecule has 0 fully saturated rings. The molecule has 0 unspecified atom stereocenters. The first-order chi connectivity index (χ1) is 6.20. The Hall–Kier alpha value is -1.43. The molecule has 0 radical (unpaired) electrons. The minimum absolute atomic E-state index is 0.159. The molecule has 1 aromatic rings. The fourth-order valence-corrected chi connectivity index (χ4v) is 1.67. The fourth-order valence-electron chi connectivity index (χ4n) is 1.15. The first-order valence-electron chi connectivity index (χ1n) is 3.68. The van der Waals surface area contributed by atoms with Crippen LogP contribution < -0.4 is 4.90 Å². The van der Waals surface area contributed by atoms with Crippen molar-refractivity contribution in [2.45, 2.75) is 6.92 Å². The number of anilines is 1. The summed E-state index contributed by atoms with van der Waals surface area (Å²) in [6.45, 7) is 2.15. The molecule has 1 aliphatic heterocycles. The SMILES string of the molecule is CC1=C(O)C(=O)N(c2cnns2)C1. The van der Waals surface area contributed by atoms with Gasteiger partial charge in [-0.3, -0.25) is 9.69 Å². The number of amides is 1. The standard InChI is InChI=1S/C7H7N3O2S/c1-4-3-10(7(12)6(4)11)5-2-8-9-13-5/h2,11H,3H2,1H3. The van der Waals surface area contributed by atoms with E-state index in [-0.39, 0.29) is 11.7 Å². The van der Waals surface area contributed by atoms with Crippen LogP contribution in [0.5, 0.6) is 0 Å². The lowest BCUT2D eigenvalue weighted by molar-refractivity contribution is -0.116. The number of hydrogen-bond donors (Lipinski definition) is 1. The van der Waals surface area contributed by atoms with Gasteiger partial charge in [-0.1, -0.05) is 4.49 Å². The molecule has 2 rings (SSSR count). The van der Waals surface area contributed by atoms with Crippen LogP contribution in [0.3, 0.4) is 0 Å². The van der Waals surface area contributed by atoms with Crippen LogP contribution in [0.15, 0.2) is 17.5 Å². The van der Waals surface area contributed by atoms with Crippen molar-refractivity contribution < 1.29 is 9.90 Å². The summed E-state index contributed by atoms with van der Waals surface area (Å²) >= 11 is 1.13. The van der Waals surface area contributed by atoms with Gasteiger partial charge in [-0.2, -0.15) is 0 Å². The van der Waals surface area contributed by atoms with E-state index in [1.165, 1.54) is 11.1 Å². The summed E-state index contributed by atoms with van der Waals surface area (Å²) in [6.07, 6.45) is 1.51. The van der Waals surface area contributed by atoms with Gasteiger partial charge < -0.3 is 5.11 Å². The molecule has 13 heavy (non-hydrogen) atoms. The van der Waals surface area contributed by atoms with Crippen molar-refractivity contribution in [3.05, 3.63) is 17.5 Å². The molecule has 0 aromatic carbocycles. The molecule has 0 aliphatic carbocycles. The zero-order valence-corrected chi connectivity index (χ0v) is 7.71. The van der Waals surface area contributed by atoms with Gasteiger partial charge in [0.1, 0.15) is 5.00 Å². The van der Waals surface area contributed by atoms with Crippen molar-refractivity contribution in [1.82, 2.24) is 9.59 Å². The van der Waals surface area contributed by atoms with Crippen LogP contribution in [-0.4, -0.2) is 27.1 Å². The Morgan fingerprint density at radius 1 is 1.69 bits per heavy atom. The predicted octanol–water partition coefficient (Wildman–Crippen LogP) is 0.717. The summed E-state index contributed by atoms with van der Waals surface area (Å²) in [5.74, 6) is -0.531. The number of rotatable bonds is 1. The van der Waals surface area contributed by atoms with Crippen molar-refractivity contribution in [2.24, 2.45) is 0 Å². The minimum atomic E-state index is -0.372. The highest BCUT2D eigenvalue weighted by molar-refractivity contribution is 7.10. The predicted molar refractivity (Wildman–Crippen MR) is 47.6 cm³/mol. The lowest BCUT2D eigenvalue weighted by Gasteiger charge is -2.10. The maximum Gasteiger partial charge on any atom is 0.294 e. The average Bonchev–Trinajstić information content (AvgIpc) is 2.70. The van der Waals surface area contributed by atoms with Gasteiger partial charge in [-0.05, 0) is 12.5 Å². The van der Waals surface area contributed by atoms with Crippen LogP contribution in [0, 0.1) is 0 Å². The lowest BCUT2D eigenvalue weighted by Crippen LogP contribution is -2.25. The van der Waals surface area contributed by atoms with Crippen LogP contribution in [0.4, 0.5) is 5.00 Å². The van der Waals surface area contributed by atoms with E-state index in [2.05, 4.69) is 9.59 Å². The van der Waals surface area contributed by atoms with E-state index in [1.54, 1.807) is 6.92 Å². The maximum atomic E-state index is 11.4. The Morgan fingerprint density at radius 3 is 2.92 bits per heavy atom. The van der Waals surface area contributed by atoms with Crippen LogP contribution >= 0.6 is 11.5 Å². The number of aliphatic hydroxyl groups is 1. The first kappa shape index (κ1) is 8.18. The third-order valence-electron chi connectivity index (χ3n) is 1.86. The van der Waals surface area contributed by atoms with Crippen molar-refractivity contribution in [3.63, 3.8) is 0 Å². The molecular formula is C7H7N3O2S. The zero-order valence-electron chi connectivity index (χ0n) is 6.89. The molecule has 0 bridgehead atoms. The van der Waals surface area contributed by atoms with Crippen molar-refractivity contribution >= 4 is 22.4 Å². The van der Waals surface area contributed by atoms with Gasteiger partial charge in [0.05, 0.1) is 12.7 Å². The Kier molecular flexibility index (Phi) is 1.77. The van der Waals surface area contributed by atoms with E-state index in [1.807, 2.05) is 0 Å². The fraction of sp³-hybridized carbons (Fsp3) is 0.286. The molecule has 68 valence electrons. The molecular weight excluding hydrogens is 190 g/mol. The Bertz CT molecular complexity index is 371. The maximum absolute atomic E-state index is 11.4. The number of nitrogens with zero attached hydrogens (tertiary/aromatic N) is 3. The first-order valence-corrected chi connectivity index (χ1v) is 4.45. The smallest absolute Gasteiger partial charge is 0.294 e. The summed E-state index contributed by atoms with van der Waals surface area (Å²) < 4.78 is 3.65. The molecule has 6 heteroatoms. The summed E-state index contributed by atoms with van der Waals surface area (Å²) in [6, 6.07) is 0. The molecule has 1 aromatic heterocycles. The number of aromatic nitrogens is 2. The highest BCUT2D eigenvalue weighted by Gasteiger charge is 2.29. The summed E-state index contributed by atoms with van der Waals surface area (Å²) in [5.41, 5.74) is 0.679.